The summed E-state index contributed by atoms with van der Waals surface area (Å²) in [6.07, 6.45) is 0. The molecule has 3 aromatic carbocycles. The molecule has 0 aliphatic rings. The molecule has 0 saturated carbocycles. The zero-order valence-electron chi connectivity index (χ0n) is 13.9. The second-order valence-corrected chi connectivity index (χ2v) is 9.09. The van der Waals surface area contributed by atoms with E-state index in [0.29, 0.717) is 20.4 Å². The van der Waals surface area contributed by atoms with Crippen LogP contribution in [0.5, 0.6) is 5.75 Å². The van der Waals surface area contributed by atoms with E-state index < -0.39 is 20.6 Å². The summed E-state index contributed by atoms with van der Waals surface area (Å²) in [5, 5.41) is 0. The Morgan fingerprint density at radius 3 is 1.46 bits per heavy atom. The fourth-order valence-corrected chi connectivity index (χ4v) is 6.84. The molecule has 0 heterocycles. The van der Waals surface area contributed by atoms with Gasteiger partial charge in [-0.3, -0.25) is 0 Å². The molecule has 26 heavy (non-hydrogen) atoms. The Labute approximate surface area is 155 Å². The molecule has 3 aromatic rings. The van der Waals surface area contributed by atoms with Gasteiger partial charge in [-0.25, -0.2) is 0 Å². The molecule has 136 valence electrons. The van der Waals surface area contributed by atoms with E-state index in [1.165, 1.54) is 0 Å². The van der Waals surface area contributed by atoms with Gasteiger partial charge in [0.25, 0.3) is 0 Å². The van der Waals surface area contributed by atoms with Gasteiger partial charge >= 0.3 is 0 Å². The molecule has 0 fully saturated rings. The lowest BCUT2D eigenvalue weighted by molar-refractivity contribution is -1.91. The van der Waals surface area contributed by atoms with E-state index >= 15 is 0 Å². The number of methoxy groups -OCH3 is 1. The Hall–Kier alpha value is -2.06. The average molecular weight is 393 g/mol. The second-order valence-electron chi connectivity index (χ2n) is 5.30. The third-order valence-corrected chi connectivity index (χ3v) is 7.89. The first-order chi connectivity index (χ1) is 12.5. The first kappa shape index (κ1) is 18.7. The molecule has 0 aromatic heterocycles. The molecule has 0 unspecified atom stereocenters. The molecule has 0 amide bonds. The van der Waals surface area contributed by atoms with Crippen LogP contribution >= 0.6 is 10.3 Å². The maximum absolute atomic E-state index is 11.7. The van der Waals surface area contributed by atoms with Gasteiger partial charge in [-0.15, -0.1) is 0 Å². The van der Waals surface area contributed by atoms with Crippen LogP contribution in [0.25, 0.3) is 0 Å². The number of rotatable bonds is 6. The number of halogens is 1. The lowest BCUT2D eigenvalue weighted by Gasteiger charge is -2.34. The maximum atomic E-state index is 11.7. The van der Waals surface area contributed by atoms with Gasteiger partial charge in [0, 0.05) is 14.7 Å². The molecule has 5 nitrogen and oxygen atoms in total. The predicted molar refractivity (Wildman–Crippen MR) is 89.4 cm³/mol. The molecule has 0 bridgehead atoms. The summed E-state index contributed by atoms with van der Waals surface area (Å²) in [5.74, 6) is 0.616. The smallest absolute Gasteiger partial charge is 0.134 e. The fourth-order valence-electron chi connectivity index (χ4n) is 2.62. The first-order valence-electron chi connectivity index (χ1n) is 7.65. The van der Waals surface area contributed by atoms with Gasteiger partial charge in [0.2, 0.25) is 0 Å². The molecule has 0 aliphatic carbocycles. The van der Waals surface area contributed by atoms with E-state index in [1.54, 1.807) is 79.9 Å². The van der Waals surface area contributed by atoms with E-state index in [2.05, 4.69) is 0 Å². The van der Waals surface area contributed by atoms with Gasteiger partial charge in [-0.2, -0.15) is 14.0 Å². The summed E-state index contributed by atoms with van der Waals surface area (Å²) in [5.41, 5.74) is 0. The summed E-state index contributed by atoms with van der Waals surface area (Å²) in [6, 6.07) is 24.6. The van der Waals surface area contributed by atoms with E-state index in [-0.39, 0.29) is 0 Å². The van der Waals surface area contributed by atoms with Crippen LogP contribution in [-0.2, 0) is 3.74 Å². The predicted octanol–water partition coefficient (Wildman–Crippen LogP) is 1.81. The van der Waals surface area contributed by atoms with Crippen LogP contribution in [0.15, 0.2) is 99.6 Å². The van der Waals surface area contributed by atoms with Crippen molar-refractivity contribution in [3.63, 3.8) is 0 Å². The molecule has 0 radical (unpaired) electrons. The molecule has 0 saturated heterocycles. The normalized spacial score (nSPS) is 12.6. The van der Waals surface area contributed by atoms with Crippen LogP contribution in [0.1, 0.15) is 0 Å². The van der Waals surface area contributed by atoms with Crippen molar-refractivity contribution in [2.24, 2.45) is 0 Å². The van der Waals surface area contributed by atoms with Gasteiger partial charge in [0.1, 0.15) is 9.49 Å². The molecule has 0 aliphatic heterocycles. The lowest BCUT2D eigenvalue weighted by atomic mass is 10.3. The summed E-state index contributed by atoms with van der Waals surface area (Å²) in [4.78, 5) is 1.77. The highest BCUT2D eigenvalue weighted by Crippen LogP contribution is 2.70. The van der Waals surface area contributed by atoms with Crippen LogP contribution in [0.3, 0.4) is 0 Å². The van der Waals surface area contributed by atoms with E-state index in [1.807, 2.05) is 12.1 Å². The minimum Gasteiger partial charge on any atom is -0.497 e. The Kier molecular flexibility index (Phi) is 5.52. The summed E-state index contributed by atoms with van der Waals surface area (Å²) in [6.45, 7) is 0. The summed E-state index contributed by atoms with van der Waals surface area (Å²) in [7, 11) is -5.92. The quantitative estimate of drug-likeness (QED) is 0.638. The van der Waals surface area contributed by atoms with Crippen molar-refractivity contribution in [3.8, 4) is 5.75 Å². The topological polar surface area (TPSA) is 87.6 Å². The van der Waals surface area contributed by atoms with Crippen LogP contribution < -0.4 is 18.7 Å². The molecule has 0 atom stereocenters. The van der Waals surface area contributed by atoms with Crippen LogP contribution in [0.2, 0.25) is 0 Å². The Morgan fingerprint density at radius 2 is 1.08 bits per heavy atom. The largest absolute Gasteiger partial charge is 0.497 e. The van der Waals surface area contributed by atoms with Crippen LogP contribution in [-0.4, -0.2) is 7.11 Å². The number of benzene rings is 3. The van der Waals surface area contributed by atoms with Gasteiger partial charge in [0.15, 0.2) is 0 Å². The maximum Gasteiger partial charge on any atom is 0.134 e. The van der Waals surface area contributed by atoms with Gasteiger partial charge in [-0.05, 0) is 48.5 Å². The third kappa shape index (κ3) is 3.86. The van der Waals surface area contributed by atoms with Crippen molar-refractivity contribution < 1.29 is 32.7 Å². The monoisotopic (exact) mass is 392 g/mol. The number of ether oxygens (including phenoxy) is 1. The average Bonchev–Trinajstić information content (AvgIpc) is 2.67. The van der Waals surface area contributed by atoms with Gasteiger partial charge in [0.05, 0.1) is 27.7 Å². The highest BCUT2D eigenvalue weighted by atomic mass is 35.7. The van der Waals surface area contributed by atoms with Crippen molar-refractivity contribution in [1.29, 1.82) is 0 Å². The van der Waals surface area contributed by atoms with Crippen molar-refractivity contribution in [3.05, 3.63) is 84.9 Å². The molecule has 7 heteroatoms. The highest BCUT2D eigenvalue weighted by Gasteiger charge is 2.46. The zero-order valence-corrected chi connectivity index (χ0v) is 15.5. The molecular formula is C19H17ClO5S. The SMILES string of the molecule is COc1ccc(S(O[Cl+3]([O-])([O-])[O-])(c2ccccc2)c2ccccc2)cc1. The van der Waals surface area contributed by atoms with Crippen molar-refractivity contribution in [2.75, 3.05) is 7.11 Å². The standard InChI is InChI=1S/C19H17ClO5S/c1-24-16-12-14-19(15-13-16)26(25-20(21,22)23,17-8-4-2-5-9-17)18-10-6-3-7-11-18/h2-15H,1H3. The minimum absolute atomic E-state index is 0.572. The van der Waals surface area contributed by atoms with Crippen molar-refractivity contribution >= 4 is 10.3 Å². The summed E-state index contributed by atoms with van der Waals surface area (Å²) < 4.78 is 45.5. The summed E-state index contributed by atoms with van der Waals surface area (Å²) >= 11 is 0. The molecular weight excluding hydrogens is 376 g/mol. The Balaban J connectivity index is 2.30. The molecule has 0 spiro atoms. The minimum atomic E-state index is -4.68. The lowest BCUT2D eigenvalue weighted by Crippen LogP contribution is -2.61. The van der Waals surface area contributed by atoms with Crippen molar-refractivity contribution in [2.45, 2.75) is 14.7 Å². The molecule has 0 N–H and O–H groups in total. The number of hydrogen-bond acceptors (Lipinski definition) is 5. The zero-order chi connectivity index (χ0) is 18.6. The van der Waals surface area contributed by atoms with Crippen LogP contribution in [0, 0.1) is 10.2 Å². The second kappa shape index (κ2) is 7.67. The van der Waals surface area contributed by atoms with Gasteiger partial charge in [-0.1, -0.05) is 36.4 Å². The van der Waals surface area contributed by atoms with Crippen LogP contribution in [0.4, 0.5) is 0 Å². The Bertz CT molecular complexity index is 796. The Morgan fingerprint density at radius 1 is 0.654 bits per heavy atom. The third-order valence-electron chi connectivity index (χ3n) is 3.71. The van der Waals surface area contributed by atoms with Gasteiger partial charge < -0.3 is 4.74 Å². The number of hydrogen-bond donors (Lipinski definition) is 0. The van der Waals surface area contributed by atoms with E-state index in [9.17, 15) is 14.0 Å². The van der Waals surface area contributed by atoms with E-state index in [4.69, 9.17) is 8.47 Å². The molecule has 3 rings (SSSR count). The highest BCUT2D eigenvalue weighted by molar-refractivity contribution is 8.29. The fraction of sp³-hybridized carbons (Fsp3) is 0.0526. The van der Waals surface area contributed by atoms with Crippen molar-refractivity contribution in [1.82, 2.24) is 0 Å². The van der Waals surface area contributed by atoms with E-state index in [0.717, 1.165) is 0 Å². The first-order valence-corrected chi connectivity index (χ1v) is 10.4.